The summed E-state index contributed by atoms with van der Waals surface area (Å²) in [4.78, 5) is 25.0. The Morgan fingerprint density at radius 3 is 1.79 bits per heavy atom. The molecule has 0 N–H and O–H groups in total. The Balaban J connectivity index is 1.51. The molecule has 0 saturated carbocycles. The zero-order valence-electron chi connectivity index (χ0n) is 22.6. The lowest BCUT2D eigenvalue weighted by molar-refractivity contribution is -0.139. The highest BCUT2D eigenvalue weighted by Crippen LogP contribution is 2.27. The summed E-state index contributed by atoms with van der Waals surface area (Å²) in [5.74, 6) is 0.154. The van der Waals surface area contributed by atoms with Crippen molar-refractivity contribution < 1.29 is 19.1 Å². The molecule has 4 aromatic rings. The Bertz CT molecular complexity index is 1430. The molecule has 0 atom stereocenters. The van der Waals surface area contributed by atoms with Gasteiger partial charge in [-0.05, 0) is 72.4 Å². The fourth-order valence-corrected chi connectivity index (χ4v) is 4.39. The summed E-state index contributed by atoms with van der Waals surface area (Å²) >= 11 is 0. The second-order valence-electron chi connectivity index (χ2n) is 9.44. The second-order valence-corrected chi connectivity index (χ2v) is 9.44. The normalized spacial score (nSPS) is 10.4. The van der Waals surface area contributed by atoms with E-state index in [1.165, 1.54) is 0 Å². The van der Waals surface area contributed by atoms with Gasteiger partial charge in [0.25, 0.3) is 0 Å². The van der Waals surface area contributed by atoms with Crippen molar-refractivity contribution >= 4 is 23.4 Å². The van der Waals surface area contributed by atoms with Gasteiger partial charge in [0, 0.05) is 16.7 Å². The SMILES string of the molecule is C=C(C)C(=O)OCCOc1cc(C)c(C(=O)c2ccc(C=C(c3ccccc3)c3ccccc3)cc2)c(C)c1. The first-order chi connectivity index (χ1) is 18.8. The van der Waals surface area contributed by atoms with E-state index < -0.39 is 5.97 Å². The van der Waals surface area contributed by atoms with Gasteiger partial charge in [0.15, 0.2) is 5.78 Å². The Morgan fingerprint density at radius 2 is 1.28 bits per heavy atom. The van der Waals surface area contributed by atoms with Crippen molar-refractivity contribution in [2.75, 3.05) is 13.2 Å². The van der Waals surface area contributed by atoms with Gasteiger partial charge in [-0.1, -0.05) is 91.5 Å². The molecule has 0 fully saturated rings. The van der Waals surface area contributed by atoms with Crippen molar-refractivity contribution in [1.29, 1.82) is 0 Å². The van der Waals surface area contributed by atoms with Crippen LogP contribution in [0, 0.1) is 13.8 Å². The molecule has 0 amide bonds. The summed E-state index contributed by atoms with van der Waals surface area (Å²) in [5.41, 5.74) is 7.68. The van der Waals surface area contributed by atoms with Crippen LogP contribution in [0.2, 0.25) is 0 Å². The number of rotatable bonds is 10. The maximum absolute atomic E-state index is 13.5. The average Bonchev–Trinajstić information content (AvgIpc) is 2.94. The number of ether oxygens (including phenoxy) is 2. The molecule has 0 aromatic heterocycles. The van der Waals surface area contributed by atoms with Gasteiger partial charge >= 0.3 is 5.97 Å². The highest BCUT2D eigenvalue weighted by molar-refractivity contribution is 6.11. The fraction of sp³-hybridized carbons (Fsp3) is 0.143. The molecule has 4 heteroatoms. The Morgan fingerprint density at radius 1 is 0.744 bits per heavy atom. The van der Waals surface area contributed by atoms with E-state index in [0.717, 1.165) is 33.4 Å². The summed E-state index contributed by atoms with van der Waals surface area (Å²) in [6.45, 7) is 9.30. The third-order valence-corrected chi connectivity index (χ3v) is 6.32. The molecule has 0 heterocycles. The summed E-state index contributed by atoms with van der Waals surface area (Å²) in [6.07, 6.45) is 2.15. The van der Waals surface area contributed by atoms with E-state index in [9.17, 15) is 9.59 Å². The van der Waals surface area contributed by atoms with E-state index in [2.05, 4.69) is 36.9 Å². The number of esters is 1. The Labute approximate surface area is 230 Å². The van der Waals surface area contributed by atoms with Crippen molar-refractivity contribution in [1.82, 2.24) is 0 Å². The van der Waals surface area contributed by atoms with E-state index in [-0.39, 0.29) is 19.0 Å². The van der Waals surface area contributed by atoms with Crippen LogP contribution in [0.25, 0.3) is 11.6 Å². The van der Waals surface area contributed by atoms with Crippen LogP contribution in [0.4, 0.5) is 0 Å². The van der Waals surface area contributed by atoms with Crippen molar-refractivity contribution in [3.8, 4) is 5.75 Å². The van der Waals surface area contributed by atoms with Gasteiger partial charge in [-0.2, -0.15) is 0 Å². The number of hydrogen-bond donors (Lipinski definition) is 0. The van der Waals surface area contributed by atoms with Crippen LogP contribution in [0.1, 0.15) is 50.7 Å². The molecule has 4 rings (SSSR count). The first-order valence-electron chi connectivity index (χ1n) is 12.9. The predicted octanol–water partition coefficient (Wildman–Crippen LogP) is 7.62. The molecule has 0 aliphatic carbocycles. The molecule has 39 heavy (non-hydrogen) atoms. The highest BCUT2D eigenvalue weighted by Gasteiger charge is 2.16. The van der Waals surface area contributed by atoms with Crippen LogP contribution in [-0.2, 0) is 9.53 Å². The first-order valence-corrected chi connectivity index (χ1v) is 12.9. The van der Waals surface area contributed by atoms with Gasteiger partial charge in [0.2, 0.25) is 0 Å². The van der Waals surface area contributed by atoms with Gasteiger partial charge < -0.3 is 9.47 Å². The smallest absolute Gasteiger partial charge is 0.333 e. The van der Waals surface area contributed by atoms with Crippen molar-refractivity contribution in [2.24, 2.45) is 0 Å². The summed E-state index contributed by atoms with van der Waals surface area (Å²) in [7, 11) is 0. The minimum absolute atomic E-state index is 0.0335. The van der Waals surface area contributed by atoms with Crippen LogP contribution in [-0.4, -0.2) is 25.0 Å². The van der Waals surface area contributed by atoms with Crippen molar-refractivity contribution in [3.63, 3.8) is 0 Å². The maximum atomic E-state index is 13.5. The topological polar surface area (TPSA) is 52.6 Å². The monoisotopic (exact) mass is 516 g/mol. The number of aryl methyl sites for hydroxylation is 2. The lowest BCUT2D eigenvalue weighted by atomic mass is 9.93. The van der Waals surface area contributed by atoms with Crippen molar-refractivity contribution in [2.45, 2.75) is 20.8 Å². The minimum atomic E-state index is -0.440. The van der Waals surface area contributed by atoms with E-state index in [0.29, 0.717) is 22.4 Å². The third kappa shape index (κ3) is 6.99. The Kier molecular flexibility index (Phi) is 8.90. The third-order valence-electron chi connectivity index (χ3n) is 6.32. The standard InChI is InChI=1S/C35H32O4/c1-24(2)35(37)39-20-19-38-31-21-25(3)33(26(4)22-31)34(36)30-17-15-27(16-18-30)23-32(28-11-7-5-8-12-28)29-13-9-6-10-14-29/h5-18,21-23H,1,19-20H2,2-4H3. The van der Waals surface area contributed by atoms with Gasteiger partial charge in [0.05, 0.1) is 0 Å². The first kappa shape index (κ1) is 27.3. The predicted molar refractivity (Wildman–Crippen MR) is 157 cm³/mol. The van der Waals surface area contributed by atoms with Crippen LogP contribution >= 0.6 is 0 Å². The van der Waals surface area contributed by atoms with Crippen LogP contribution in [0.15, 0.2) is 109 Å². The number of carbonyl (C=O) groups is 2. The highest BCUT2D eigenvalue weighted by atomic mass is 16.6. The second kappa shape index (κ2) is 12.7. The molecule has 0 unspecified atom stereocenters. The van der Waals surface area contributed by atoms with E-state index >= 15 is 0 Å². The molecule has 4 nitrogen and oxygen atoms in total. The number of hydrogen-bond acceptors (Lipinski definition) is 4. The lowest BCUT2D eigenvalue weighted by Gasteiger charge is -2.13. The molecular formula is C35H32O4. The molecule has 0 bridgehead atoms. The molecule has 4 aromatic carbocycles. The quantitative estimate of drug-likeness (QED) is 0.0715. The van der Waals surface area contributed by atoms with E-state index in [4.69, 9.17) is 9.47 Å². The number of carbonyl (C=O) groups excluding carboxylic acids is 2. The average molecular weight is 517 g/mol. The largest absolute Gasteiger partial charge is 0.490 e. The number of ketones is 1. The van der Waals surface area contributed by atoms with E-state index in [1.54, 1.807) is 6.92 Å². The van der Waals surface area contributed by atoms with Crippen LogP contribution in [0.5, 0.6) is 5.75 Å². The molecule has 196 valence electrons. The number of benzene rings is 4. The fourth-order valence-electron chi connectivity index (χ4n) is 4.39. The van der Waals surface area contributed by atoms with Gasteiger partial charge in [-0.25, -0.2) is 4.79 Å². The summed E-state index contributed by atoms with van der Waals surface area (Å²) in [5, 5.41) is 0. The zero-order valence-corrected chi connectivity index (χ0v) is 22.6. The van der Waals surface area contributed by atoms with E-state index in [1.807, 2.05) is 86.6 Å². The van der Waals surface area contributed by atoms with Gasteiger partial charge in [-0.15, -0.1) is 0 Å². The summed E-state index contributed by atoms with van der Waals surface area (Å²) < 4.78 is 10.8. The molecular weight excluding hydrogens is 484 g/mol. The molecule has 0 aliphatic rings. The minimum Gasteiger partial charge on any atom is -0.490 e. The van der Waals surface area contributed by atoms with Crippen molar-refractivity contribution in [3.05, 3.63) is 148 Å². The molecule has 0 saturated heterocycles. The maximum Gasteiger partial charge on any atom is 0.333 e. The van der Waals surface area contributed by atoms with Crippen LogP contribution in [0.3, 0.4) is 0 Å². The molecule has 0 radical (unpaired) electrons. The zero-order chi connectivity index (χ0) is 27.8. The lowest BCUT2D eigenvalue weighted by Crippen LogP contribution is -2.13. The van der Waals surface area contributed by atoms with Crippen LogP contribution < -0.4 is 4.74 Å². The molecule has 0 spiro atoms. The summed E-state index contributed by atoms with van der Waals surface area (Å²) in [6, 6.07) is 32.0. The Hall–Kier alpha value is -4.70. The molecule has 0 aliphatic heterocycles. The van der Waals surface area contributed by atoms with Gasteiger partial charge in [0.1, 0.15) is 19.0 Å². The van der Waals surface area contributed by atoms with Gasteiger partial charge in [-0.3, -0.25) is 4.79 Å².